The van der Waals surface area contributed by atoms with E-state index >= 15 is 0 Å². The number of rotatable bonds is 5. The van der Waals surface area contributed by atoms with Crippen molar-refractivity contribution in [2.45, 2.75) is 45.1 Å². The first kappa shape index (κ1) is 15.8. The van der Waals surface area contributed by atoms with E-state index in [0.29, 0.717) is 6.04 Å². The van der Waals surface area contributed by atoms with Gasteiger partial charge in [0.05, 0.1) is 7.11 Å². The van der Waals surface area contributed by atoms with Gasteiger partial charge in [-0.2, -0.15) is 0 Å². The Hall–Kier alpha value is -0.540. The molecule has 1 aliphatic rings. The van der Waals surface area contributed by atoms with Gasteiger partial charge in [-0.15, -0.1) is 0 Å². The van der Waals surface area contributed by atoms with Gasteiger partial charge in [-0.3, -0.25) is 0 Å². The summed E-state index contributed by atoms with van der Waals surface area (Å²) in [6.07, 6.45) is 6.49. The van der Waals surface area contributed by atoms with Crippen LogP contribution in [0, 0.1) is 11.8 Å². The molecule has 0 radical (unpaired) electrons. The van der Waals surface area contributed by atoms with Gasteiger partial charge in [0.25, 0.3) is 0 Å². The monoisotopic (exact) mass is 339 g/mol. The molecule has 112 valence electrons. The molecule has 0 amide bonds. The molecule has 1 saturated carbocycles. The fourth-order valence-corrected chi connectivity index (χ4v) is 3.74. The first-order chi connectivity index (χ1) is 9.63. The molecule has 1 fully saturated rings. The van der Waals surface area contributed by atoms with Crippen molar-refractivity contribution in [1.82, 2.24) is 5.32 Å². The molecule has 2 nitrogen and oxygen atoms in total. The van der Waals surface area contributed by atoms with Crippen LogP contribution in [0.5, 0.6) is 5.75 Å². The van der Waals surface area contributed by atoms with E-state index in [1.54, 1.807) is 7.11 Å². The topological polar surface area (TPSA) is 21.3 Å². The Morgan fingerprint density at radius 2 is 2.00 bits per heavy atom. The van der Waals surface area contributed by atoms with E-state index in [1.807, 2.05) is 6.07 Å². The van der Waals surface area contributed by atoms with Crippen LogP contribution in [-0.2, 0) is 6.42 Å². The van der Waals surface area contributed by atoms with Crippen LogP contribution >= 0.6 is 15.9 Å². The van der Waals surface area contributed by atoms with Crippen molar-refractivity contribution in [3.8, 4) is 5.75 Å². The predicted octanol–water partition coefficient (Wildman–Crippen LogP) is 4.41. The fraction of sp³-hybridized carbons (Fsp3) is 0.647. The van der Waals surface area contributed by atoms with Crippen molar-refractivity contribution in [2.75, 3.05) is 14.2 Å². The van der Waals surface area contributed by atoms with E-state index in [0.717, 1.165) is 28.5 Å². The highest BCUT2D eigenvalue weighted by atomic mass is 79.9. The molecule has 20 heavy (non-hydrogen) atoms. The number of methoxy groups -OCH3 is 1. The Balaban J connectivity index is 2.08. The first-order valence-corrected chi connectivity index (χ1v) is 8.43. The third-order valence-electron chi connectivity index (χ3n) is 4.68. The summed E-state index contributed by atoms with van der Waals surface area (Å²) in [6.45, 7) is 2.38. The molecule has 2 rings (SSSR count). The summed E-state index contributed by atoms with van der Waals surface area (Å²) in [5.41, 5.74) is 1.29. The number of hydrogen-bond acceptors (Lipinski definition) is 2. The first-order valence-electron chi connectivity index (χ1n) is 7.63. The SMILES string of the molecule is CNC(Cc1cc(Br)ccc1OC)C1CCC(C)CC1. The predicted molar refractivity (Wildman–Crippen MR) is 88.4 cm³/mol. The van der Waals surface area contributed by atoms with Gasteiger partial charge < -0.3 is 10.1 Å². The molecule has 0 bridgehead atoms. The van der Waals surface area contributed by atoms with E-state index < -0.39 is 0 Å². The highest BCUT2D eigenvalue weighted by Crippen LogP contribution is 2.33. The number of nitrogens with one attached hydrogen (secondary N) is 1. The summed E-state index contributed by atoms with van der Waals surface area (Å²) in [7, 11) is 3.84. The van der Waals surface area contributed by atoms with Gasteiger partial charge in [0.15, 0.2) is 0 Å². The Morgan fingerprint density at radius 3 is 2.60 bits per heavy atom. The van der Waals surface area contributed by atoms with Gasteiger partial charge >= 0.3 is 0 Å². The Morgan fingerprint density at radius 1 is 1.30 bits per heavy atom. The molecule has 1 atom stereocenters. The fourth-order valence-electron chi connectivity index (χ4n) is 3.34. The number of benzene rings is 1. The zero-order valence-electron chi connectivity index (χ0n) is 12.8. The van der Waals surface area contributed by atoms with Crippen LogP contribution in [0.15, 0.2) is 22.7 Å². The Kier molecular flexibility index (Phi) is 5.91. The molecule has 1 aromatic carbocycles. The number of ether oxygens (including phenoxy) is 1. The van der Waals surface area contributed by atoms with E-state index in [-0.39, 0.29) is 0 Å². The van der Waals surface area contributed by atoms with Crippen LogP contribution in [0.4, 0.5) is 0 Å². The van der Waals surface area contributed by atoms with Gasteiger partial charge in [-0.25, -0.2) is 0 Å². The van der Waals surface area contributed by atoms with Crippen LogP contribution in [-0.4, -0.2) is 20.2 Å². The second-order valence-corrected chi connectivity index (χ2v) is 6.99. The highest BCUT2D eigenvalue weighted by molar-refractivity contribution is 9.10. The van der Waals surface area contributed by atoms with Crippen LogP contribution in [0.25, 0.3) is 0 Å². The van der Waals surface area contributed by atoms with E-state index in [2.05, 4.69) is 47.4 Å². The molecule has 0 aliphatic heterocycles. The normalized spacial score (nSPS) is 24.4. The molecule has 0 heterocycles. The lowest BCUT2D eigenvalue weighted by Crippen LogP contribution is -2.37. The molecule has 0 aromatic heterocycles. The summed E-state index contributed by atoms with van der Waals surface area (Å²) >= 11 is 3.57. The van der Waals surface area contributed by atoms with E-state index in [4.69, 9.17) is 4.74 Å². The zero-order valence-corrected chi connectivity index (χ0v) is 14.4. The maximum absolute atomic E-state index is 5.50. The molecule has 1 unspecified atom stereocenters. The van der Waals surface area contributed by atoms with Gasteiger partial charge in [-0.05, 0) is 61.9 Å². The quantitative estimate of drug-likeness (QED) is 0.857. The minimum atomic E-state index is 0.547. The second-order valence-electron chi connectivity index (χ2n) is 6.08. The summed E-state index contributed by atoms with van der Waals surface area (Å²) in [5, 5.41) is 3.54. The number of hydrogen-bond donors (Lipinski definition) is 1. The van der Waals surface area contributed by atoms with Crippen LogP contribution in [0.1, 0.15) is 38.2 Å². The molecule has 3 heteroatoms. The summed E-state index contributed by atoms with van der Waals surface area (Å²) in [6, 6.07) is 6.83. The molecular weight excluding hydrogens is 314 g/mol. The molecule has 0 saturated heterocycles. The van der Waals surface area contributed by atoms with Crippen LogP contribution in [0.2, 0.25) is 0 Å². The minimum Gasteiger partial charge on any atom is -0.496 e. The number of halogens is 1. The van der Waals surface area contributed by atoms with Crippen molar-refractivity contribution in [2.24, 2.45) is 11.8 Å². The smallest absolute Gasteiger partial charge is 0.122 e. The lowest BCUT2D eigenvalue weighted by molar-refractivity contribution is 0.234. The number of likely N-dealkylation sites (N-methyl/N-ethyl adjacent to an activating group) is 1. The minimum absolute atomic E-state index is 0.547. The van der Waals surface area contributed by atoms with E-state index in [9.17, 15) is 0 Å². The maximum atomic E-state index is 5.50. The maximum Gasteiger partial charge on any atom is 0.122 e. The van der Waals surface area contributed by atoms with Gasteiger partial charge in [-0.1, -0.05) is 35.7 Å². The van der Waals surface area contributed by atoms with Gasteiger partial charge in [0.1, 0.15) is 5.75 Å². The second kappa shape index (κ2) is 7.46. The van der Waals surface area contributed by atoms with Gasteiger partial charge in [0, 0.05) is 10.5 Å². The highest BCUT2D eigenvalue weighted by Gasteiger charge is 2.26. The molecule has 1 N–H and O–H groups in total. The van der Waals surface area contributed by atoms with Crippen molar-refractivity contribution < 1.29 is 4.74 Å². The largest absolute Gasteiger partial charge is 0.496 e. The van der Waals surface area contributed by atoms with Crippen LogP contribution in [0.3, 0.4) is 0 Å². The Bertz CT molecular complexity index is 427. The summed E-state index contributed by atoms with van der Waals surface area (Å²) in [4.78, 5) is 0. The molecule has 1 aliphatic carbocycles. The van der Waals surface area contributed by atoms with Gasteiger partial charge in [0.2, 0.25) is 0 Å². The Labute approximate surface area is 131 Å². The lowest BCUT2D eigenvalue weighted by atomic mass is 9.77. The average Bonchev–Trinajstić information content (AvgIpc) is 2.46. The molecule has 1 aromatic rings. The van der Waals surface area contributed by atoms with Crippen molar-refractivity contribution in [3.63, 3.8) is 0 Å². The van der Waals surface area contributed by atoms with Crippen molar-refractivity contribution in [3.05, 3.63) is 28.2 Å². The average molecular weight is 340 g/mol. The van der Waals surface area contributed by atoms with Crippen molar-refractivity contribution >= 4 is 15.9 Å². The van der Waals surface area contributed by atoms with E-state index in [1.165, 1.54) is 31.2 Å². The standard InChI is InChI=1S/C17H26BrNO/c1-12-4-6-13(7-5-12)16(19-2)11-14-10-15(18)8-9-17(14)20-3/h8-10,12-13,16,19H,4-7,11H2,1-3H3. The third-order valence-corrected chi connectivity index (χ3v) is 5.18. The summed E-state index contributed by atoms with van der Waals surface area (Å²) in [5.74, 6) is 2.70. The zero-order chi connectivity index (χ0) is 14.5. The van der Waals surface area contributed by atoms with Crippen LogP contribution < -0.4 is 10.1 Å². The lowest BCUT2D eigenvalue weighted by Gasteiger charge is -2.33. The molecule has 0 spiro atoms. The summed E-state index contributed by atoms with van der Waals surface area (Å²) < 4.78 is 6.63. The molecular formula is C17H26BrNO. The third kappa shape index (κ3) is 3.98. The van der Waals surface area contributed by atoms with Crippen molar-refractivity contribution in [1.29, 1.82) is 0 Å².